The number of pyridine rings is 1. The van der Waals surface area contributed by atoms with Crippen LogP contribution in [0.3, 0.4) is 0 Å². The van der Waals surface area contributed by atoms with Crippen LogP contribution in [0.4, 0.5) is 0 Å². The van der Waals surface area contributed by atoms with E-state index in [1.165, 1.54) is 0 Å². The minimum atomic E-state index is -0.339. The summed E-state index contributed by atoms with van der Waals surface area (Å²) in [6, 6.07) is 24.9. The van der Waals surface area contributed by atoms with Crippen LogP contribution in [0.2, 0.25) is 0 Å². The number of hydrogen-bond acceptors (Lipinski definition) is 2. The fourth-order valence-corrected chi connectivity index (χ4v) is 3.10. The first-order valence-corrected chi connectivity index (χ1v) is 7.82. The van der Waals surface area contributed by atoms with Crippen molar-refractivity contribution in [1.82, 2.24) is 0 Å². The number of rotatable bonds is 2. The van der Waals surface area contributed by atoms with E-state index in [0.29, 0.717) is 11.3 Å². The molecule has 4 aromatic rings. The number of nitrogens with zero attached hydrogens (tertiary/aromatic N) is 1. The Labute approximate surface area is 147 Å². The van der Waals surface area contributed by atoms with E-state index in [1.807, 2.05) is 73.8 Å². The summed E-state index contributed by atoms with van der Waals surface area (Å²) >= 11 is 0. The Bertz CT molecular complexity index is 998. The maximum atomic E-state index is 12.9. The van der Waals surface area contributed by atoms with Crippen molar-refractivity contribution in [2.24, 2.45) is 7.05 Å². The molecule has 3 aromatic carbocycles. The molecule has 4 rings (SSSR count). The highest BCUT2D eigenvalue weighted by atomic mass is 16.5. The van der Waals surface area contributed by atoms with Crippen LogP contribution >= 0.6 is 0 Å². The fourth-order valence-electron chi connectivity index (χ4n) is 3.10. The van der Waals surface area contributed by atoms with Crippen LogP contribution < -0.4 is 9.30 Å². The fraction of sp³-hybridized carbons (Fsp3) is 0.0909. The van der Waals surface area contributed by atoms with E-state index in [9.17, 15) is 4.79 Å². The quantitative estimate of drug-likeness (QED) is 0.231. The van der Waals surface area contributed by atoms with Crippen LogP contribution in [0, 0.1) is 0 Å². The van der Waals surface area contributed by atoms with Crippen molar-refractivity contribution in [2.75, 3.05) is 0 Å². The first-order valence-electron chi connectivity index (χ1n) is 7.82. The van der Waals surface area contributed by atoms with Crippen molar-refractivity contribution in [3.63, 3.8) is 0 Å². The van der Waals surface area contributed by atoms with Crippen molar-refractivity contribution >= 4 is 27.8 Å². The summed E-state index contributed by atoms with van der Waals surface area (Å²) < 4.78 is 7.71. The average molecular weight is 330 g/mol. The Morgan fingerprint density at radius 1 is 0.760 bits per heavy atom. The summed E-state index contributed by atoms with van der Waals surface area (Å²) in [6.45, 7) is 0. The Kier molecular flexibility index (Phi) is 4.48. The Morgan fingerprint density at radius 2 is 1.24 bits per heavy atom. The van der Waals surface area contributed by atoms with Gasteiger partial charge in [0, 0.05) is 12.1 Å². The second kappa shape index (κ2) is 6.73. The van der Waals surface area contributed by atoms with Gasteiger partial charge >= 0.3 is 5.97 Å². The van der Waals surface area contributed by atoms with Crippen LogP contribution in [-0.4, -0.2) is 5.97 Å². The molecule has 124 valence electrons. The van der Waals surface area contributed by atoms with Gasteiger partial charge in [-0.1, -0.05) is 49.9 Å². The SMILES string of the molecule is C.C[n+]1c2ccccc2c(C(=O)Oc2ccccc2)c2ccccc21. The second-order valence-corrected chi connectivity index (χ2v) is 5.67. The van der Waals surface area contributed by atoms with E-state index in [1.54, 1.807) is 12.1 Å². The molecule has 0 aliphatic heterocycles. The lowest BCUT2D eigenvalue weighted by Crippen LogP contribution is -2.31. The predicted molar refractivity (Wildman–Crippen MR) is 101 cm³/mol. The van der Waals surface area contributed by atoms with Crippen LogP contribution in [0.15, 0.2) is 78.9 Å². The molecule has 0 saturated carbocycles. The van der Waals surface area contributed by atoms with Crippen molar-refractivity contribution in [1.29, 1.82) is 0 Å². The van der Waals surface area contributed by atoms with E-state index in [2.05, 4.69) is 4.57 Å². The van der Waals surface area contributed by atoms with E-state index in [0.717, 1.165) is 21.8 Å². The third-order valence-corrected chi connectivity index (χ3v) is 4.23. The summed E-state index contributed by atoms with van der Waals surface area (Å²) in [4.78, 5) is 12.9. The first kappa shape index (κ1) is 16.7. The lowest BCUT2D eigenvalue weighted by molar-refractivity contribution is -0.617. The molecule has 1 aromatic heterocycles. The maximum absolute atomic E-state index is 12.9. The zero-order valence-corrected chi connectivity index (χ0v) is 13.3. The van der Waals surface area contributed by atoms with Gasteiger partial charge in [-0.2, -0.15) is 4.57 Å². The van der Waals surface area contributed by atoms with Crippen LogP contribution in [0.25, 0.3) is 21.8 Å². The van der Waals surface area contributed by atoms with Gasteiger partial charge in [-0.15, -0.1) is 0 Å². The lowest BCUT2D eigenvalue weighted by atomic mass is 10.0. The number of aryl methyl sites for hydroxylation is 1. The molecule has 0 radical (unpaired) electrons. The van der Waals surface area contributed by atoms with Crippen LogP contribution in [0.5, 0.6) is 5.75 Å². The van der Waals surface area contributed by atoms with Crippen molar-refractivity contribution in [3.05, 3.63) is 84.4 Å². The lowest BCUT2D eigenvalue weighted by Gasteiger charge is -2.10. The van der Waals surface area contributed by atoms with Gasteiger partial charge in [0.15, 0.2) is 0 Å². The topological polar surface area (TPSA) is 30.2 Å². The number of benzene rings is 3. The molecule has 0 amide bonds. The zero-order valence-electron chi connectivity index (χ0n) is 13.3. The summed E-state index contributed by atoms with van der Waals surface area (Å²) in [6.07, 6.45) is 0. The molecule has 0 aliphatic carbocycles. The molecule has 0 atom stereocenters. The van der Waals surface area contributed by atoms with Gasteiger partial charge in [-0.3, -0.25) is 0 Å². The van der Waals surface area contributed by atoms with Gasteiger partial charge in [0.2, 0.25) is 11.0 Å². The zero-order chi connectivity index (χ0) is 16.5. The van der Waals surface area contributed by atoms with Gasteiger partial charge in [0.25, 0.3) is 0 Å². The summed E-state index contributed by atoms with van der Waals surface area (Å²) in [5, 5.41) is 1.78. The minimum absolute atomic E-state index is 0. The predicted octanol–water partition coefficient (Wildman–Crippen LogP) is 4.67. The highest BCUT2D eigenvalue weighted by molar-refractivity contribution is 6.13. The number of para-hydroxylation sites is 3. The third-order valence-electron chi connectivity index (χ3n) is 4.23. The van der Waals surface area contributed by atoms with Gasteiger partial charge in [-0.25, -0.2) is 4.79 Å². The van der Waals surface area contributed by atoms with Gasteiger partial charge in [-0.05, 0) is 24.3 Å². The summed E-state index contributed by atoms with van der Waals surface area (Å²) in [5.41, 5.74) is 2.59. The molecule has 0 spiro atoms. The smallest absolute Gasteiger partial charge is 0.345 e. The normalized spacial score (nSPS) is 10.4. The molecule has 0 N–H and O–H groups in total. The second-order valence-electron chi connectivity index (χ2n) is 5.67. The molecular weight excluding hydrogens is 310 g/mol. The van der Waals surface area contributed by atoms with Gasteiger partial charge in [0.1, 0.15) is 12.8 Å². The van der Waals surface area contributed by atoms with E-state index < -0.39 is 0 Å². The maximum Gasteiger partial charge on any atom is 0.345 e. The molecule has 0 aliphatic rings. The largest absolute Gasteiger partial charge is 0.423 e. The number of fused-ring (bicyclic) bond motifs is 2. The Balaban J connectivity index is 0.00000182. The molecule has 0 unspecified atom stereocenters. The molecule has 25 heavy (non-hydrogen) atoms. The van der Waals surface area contributed by atoms with Gasteiger partial charge < -0.3 is 4.74 Å². The number of carbonyl (C=O) groups is 1. The van der Waals surface area contributed by atoms with E-state index >= 15 is 0 Å². The summed E-state index contributed by atoms with van der Waals surface area (Å²) in [7, 11) is 2.01. The highest BCUT2D eigenvalue weighted by Crippen LogP contribution is 2.26. The molecule has 0 saturated heterocycles. The highest BCUT2D eigenvalue weighted by Gasteiger charge is 2.23. The Hall–Kier alpha value is -3.20. The number of ether oxygens (including phenoxy) is 1. The number of carbonyl (C=O) groups excluding carboxylic acids is 1. The number of hydrogen-bond donors (Lipinski definition) is 0. The van der Waals surface area contributed by atoms with Crippen LogP contribution in [0.1, 0.15) is 17.8 Å². The number of esters is 1. The molecule has 3 nitrogen and oxygen atoms in total. The number of aromatic nitrogens is 1. The minimum Gasteiger partial charge on any atom is -0.423 e. The van der Waals surface area contributed by atoms with Crippen molar-refractivity contribution < 1.29 is 14.1 Å². The first-order chi connectivity index (χ1) is 11.8. The molecule has 0 fully saturated rings. The van der Waals surface area contributed by atoms with Gasteiger partial charge in [0.05, 0.1) is 16.3 Å². The van der Waals surface area contributed by atoms with Crippen molar-refractivity contribution in [3.8, 4) is 5.75 Å². The van der Waals surface area contributed by atoms with E-state index in [4.69, 9.17) is 4.74 Å². The van der Waals surface area contributed by atoms with Crippen molar-refractivity contribution in [2.45, 2.75) is 7.43 Å². The molecule has 3 heteroatoms. The molecule has 1 heterocycles. The molecule has 0 bridgehead atoms. The standard InChI is InChI=1S/C21H16NO2.CH4/c1-22-18-13-7-5-11-16(18)20(17-12-6-8-14-19(17)22)21(23)24-15-9-3-2-4-10-15;/h2-14H,1H3;1H4/q+1;. The summed E-state index contributed by atoms with van der Waals surface area (Å²) in [5.74, 6) is 0.207. The third kappa shape index (κ3) is 2.85. The van der Waals surface area contributed by atoms with Crippen LogP contribution in [-0.2, 0) is 7.05 Å². The molecular formula is C22H20NO2+. The average Bonchev–Trinajstić information content (AvgIpc) is 2.63. The monoisotopic (exact) mass is 330 g/mol. The Morgan fingerprint density at radius 3 is 1.80 bits per heavy atom. The van der Waals surface area contributed by atoms with E-state index in [-0.39, 0.29) is 13.4 Å².